The molecule has 0 heterocycles. The minimum absolute atomic E-state index is 0.0271. The summed E-state index contributed by atoms with van der Waals surface area (Å²) >= 11 is 0. The second kappa shape index (κ2) is 5.70. The first-order valence-corrected chi connectivity index (χ1v) is 6.47. The lowest BCUT2D eigenvalue weighted by Crippen LogP contribution is -2.15. The van der Waals surface area contributed by atoms with Gasteiger partial charge in [-0.1, -0.05) is 35.9 Å². The fraction of sp³-hybridized carbons (Fsp3) is 0.235. The summed E-state index contributed by atoms with van der Waals surface area (Å²) < 4.78 is 0. The highest BCUT2D eigenvalue weighted by Gasteiger charge is 2.06. The van der Waals surface area contributed by atoms with Crippen molar-refractivity contribution in [2.45, 2.75) is 27.2 Å². The van der Waals surface area contributed by atoms with Gasteiger partial charge in [-0.3, -0.25) is 4.79 Å². The van der Waals surface area contributed by atoms with Crippen LogP contribution in [0, 0.1) is 20.8 Å². The summed E-state index contributed by atoms with van der Waals surface area (Å²) in [5.74, 6) is 0.0271. The van der Waals surface area contributed by atoms with E-state index in [2.05, 4.69) is 23.5 Å². The first-order chi connectivity index (χ1) is 9.04. The normalized spacial score (nSPS) is 10.3. The van der Waals surface area contributed by atoms with Gasteiger partial charge in [0, 0.05) is 5.69 Å². The Labute approximate surface area is 114 Å². The SMILES string of the molecule is Cc1cccc(NC(=O)Cc2cc(C)ccc2C)c1. The maximum absolute atomic E-state index is 12.0. The van der Waals surface area contributed by atoms with Crippen molar-refractivity contribution >= 4 is 11.6 Å². The van der Waals surface area contributed by atoms with Gasteiger partial charge in [0.05, 0.1) is 6.42 Å². The van der Waals surface area contributed by atoms with E-state index in [1.807, 2.05) is 45.0 Å². The Morgan fingerprint density at radius 2 is 1.74 bits per heavy atom. The standard InChI is InChI=1S/C17H19NO/c1-12-5-4-6-16(10-12)18-17(19)11-15-9-13(2)7-8-14(15)3/h4-10H,11H2,1-3H3,(H,18,19). The number of hydrogen-bond acceptors (Lipinski definition) is 1. The van der Waals surface area contributed by atoms with E-state index in [0.29, 0.717) is 6.42 Å². The smallest absolute Gasteiger partial charge is 0.228 e. The van der Waals surface area contributed by atoms with Crippen LogP contribution in [0.5, 0.6) is 0 Å². The third-order valence-electron chi connectivity index (χ3n) is 3.16. The number of amides is 1. The fourth-order valence-electron chi connectivity index (χ4n) is 2.09. The Kier molecular flexibility index (Phi) is 4.00. The molecule has 0 aliphatic heterocycles. The molecule has 0 saturated carbocycles. The molecule has 19 heavy (non-hydrogen) atoms. The van der Waals surface area contributed by atoms with E-state index in [9.17, 15) is 4.79 Å². The lowest BCUT2D eigenvalue weighted by atomic mass is 10.0. The third kappa shape index (κ3) is 3.68. The molecule has 2 aromatic carbocycles. The molecule has 2 rings (SSSR count). The molecule has 0 aromatic heterocycles. The number of hydrogen-bond donors (Lipinski definition) is 1. The number of rotatable bonds is 3. The second-order valence-corrected chi connectivity index (χ2v) is 5.02. The average Bonchev–Trinajstić information content (AvgIpc) is 2.34. The van der Waals surface area contributed by atoms with Gasteiger partial charge in [-0.05, 0) is 49.6 Å². The Bertz CT molecular complexity index is 602. The van der Waals surface area contributed by atoms with Crippen LogP contribution in [0.1, 0.15) is 22.3 Å². The monoisotopic (exact) mass is 253 g/mol. The lowest BCUT2D eigenvalue weighted by Gasteiger charge is -2.09. The maximum atomic E-state index is 12.0. The van der Waals surface area contributed by atoms with E-state index in [0.717, 1.165) is 22.4 Å². The maximum Gasteiger partial charge on any atom is 0.228 e. The van der Waals surface area contributed by atoms with Crippen LogP contribution in [-0.2, 0) is 11.2 Å². The molecule has 0 atom stereocenters. The van der Waals surface area contributed by atoms with Gasteiger partial charge in [0.25, 0.3) is 0 Å². The zero-order valence-electron chi connectivity index (χ0n) is 11.7. The minimum Gasteiger partial charge on any atom is -0.326 e. The Hall–Kier alpha value is -2.09. The summed E-state index contributed by atoms with van der Waals surface area (Å²) in [6.07, 6.45) is 0.418. The van der Waals surface area contributed by atoms with Crippen molar-refractivity contribution < 1.29 is 4.79 Å². The number of carbonyl (C=O) groups is 1. The highest BCUT2D eigenvalue weighted by molar-refractivity contribution is 5.92. The minimum atomic E-state index is 0.0271. The van der Waals surface area contributed by atoms with Crippen molar-refractivity contribution in [3.8, 4) is 0 Å². The van der Waals surface area contributed by atoms with Crippen molar-refractivity contribution in [3.05, 3.63) is 64.7 Å². The molecule has 0 aliphatic rings. The molecule has 0 aliphatic carbocycles. The second-order valence-electron chi connectivity index (χ2n) is 5.02. The first kappa shape index (κ1) is 13.3. The highest BCUT2D eigenvalue weighted by Crippen LogP contribution is 2.14. The number of carbonyl (C=O) groups excluding carboxylic acids is 1. The third-order valence-corrected chi connectivity index (χ3v) is 3.16. The van der Waals surface area contributed by atoms with Crippen LogP contribution >= 0.6 is 0 Å². The Morgan fingerprint density at radius 3 is 2.47 bits per heavy atom. The number of anilines is 1. The molecule has 2 heteroatoms. The van der Waals surface area contributed by atoms with Crippen LogP contribution in [0.3, 0.4) is 0 Å². The van der Waals surface area contributed by atoms with E-state index < -0.39 is 0 Å². The van der Waals surface area contributed by atoms with Crippen LogP contribution in [0.25, 0.3) is 0 Å². The van der Waals surface area contributed by atoms with Gasteiger partial charge in [-0.2, -0.15) is 0 Å². The molecule has 0 bridgehead atoms. The van der Waals surface area contributed by atoms with Crippen LogP contribution < -0.4 is 5.32 Å². The highest BCUT2D eigenvalue weighted by atomic mass is 16.1. The first-order valence-electron chi connectivity index (χ1n) is 6.47. The van der Waals surface area contributed by atoms with Crippen molar-refractivity contribution in [1.82, 2.24) is 0 Å². The summed E-state index contributed by atoms with van der Waals surface area (Å²) in [6.45, 7) is 6.09. The molecular weight excluding hydrogens is 234 g/mol. The number of aryl methyl sites for hydroxylation is 3. The van der Waals surface area contributed by atoms with Gasteiger partial charge < -0.3 is 5.32 Å². The topological polar surface area (TPSA) is 29.1 Å². The van der Waals surface area contributed by atoms with Gasteiger partial charge in [0.1, 0.15) is 0 Å². The predicted octanol–water partition coefficient (Wildman–Crippen LogP) is 3.79. The van der Waals surface area contributed by atoms with Gasteiger partial charge >= 0.3 is 0 Å². The van der Waals surface area contributed by atoms with Crippen LogP contribution in [-0.4, -0.2) is 5.91 Å². The van der Waals surface area contributed by atoms with Crippen molar-refractivity contribution in [1.29, 1.82) is 0 Å². The molecule has 0 fully saturated rings. The zero-order valence-corrected chi connectivity index (χ0v) is 11.7. The van der Waals surface area contributed by atoms with E-state index in [1.54, 1.807) is 0 Å². The fourth-order valence-corrected chi connectivity index (χ4v) is 2.09. The van der Waals surface area contributed by atoms with Crippen molar-refractivity contribution in [3.63, 3.8) is 0 Å². The molecule has 98 valence electrons. The zero-order chi connectivity index (χ0) is 13.8. The summed E-state index contributed by atoms with van der Waals surface area (Å²) in [7, 11) is 0. The van der Waals surface area contributed by atoms with E-state index >= 15 is 0 Å². The Balaban J connectivity index is 2.07. The van der Waals surface area contributed by atoms with Gasteiger partial charge in [-0.25, -0.2) is 0 Å². The van der Waals surface area contributed by atoms with Gasteiger partial charge in [0.15, 0.2) is 0 Å². The molecule has 0 saturated heterocycles. The molecule has 0 spiro atoms. The van der Waals surface area contributed by atoms with Crippen molar-refractivity contribution in [2.75, 3.05) is 5.32 Å². The van der Waals surface area contributed by atoms with E-state index in [-0.39, 0.29) is 5.91 Å². The molecule has 1 N–H and O–H groups in total. The largest absolute Gasteiger partial charge is 0.326 e. The lowest BCUT2D eigenvalue weighted by molar-refractivity contribution is -0.115. The van der Waals surface area contributed by atoms with Gasteiger partial charge in [-0.15, -0.1) is 0 Å². The van der Waals surface area contributed by atoms with Crippen molar-refractivity contribution in [2.24, 2.45) is 0 Å². The summed E-state index contributed by atoms with van der Waals surface area (Å²) in [4.78, 5) is 12.0. The molecular formula is C17H19NO. The number of nitrogens with one attached hydrogen (secondary N) is 1. The number of benzene rings is 2. The average molecular weight is 253 g/mol. The molecule has 2 aromatic rings. The molecule has 2 nitrogen and oxygen atoms in total. The van der Waals surface area contributed by atoms with Crippen LogP contribution in [0.2, 0.25) is 0 Å². The van der Waals surface area contributed by atoms with E-state index in [1.165, 1.54) is 5.56 Å². The molecule has 1 amide bonds. The van der Waals surface area contributed by atoms with E-state index in [4.69, 9.17) is 0 Å². The summed E-state index contributed by atoms with van der Waals surface area (Å²) in [5, 5.41) is 2.94. The van der Waals surface area contributed by atoms with Crippen LogP contribution in [0.4, 0.5) is 5.69 Å². The summed E-state index contributed by atoms with van der Waals surface area (Å²) in [6, 6.07) is 14.0. The van der Waals surface area contributed by atoms with Gasteiger partial charge in [0.2, 0.25) is 5.91 Å². The molecule has 0 unspecified atom stereocenters. The predicted molar refractivity (Wildman–Crippen MR) is 79.4 cm³/mol. The molecule has 0 radical (unpaired) electrons. The van der Waals surface area contributed by atoms with Crippen LogP contribution in [0.15, 0.2) is 42.5 Å². The summed E-state index contributed by atoms with van der Waals surface area (Å²) in [5.41, 5.74) is 5.43. The Morgan fingerprint density at radius 1 is 1.00 bits per heavy atom. The quantitative estimate of drug-likeness (QED) is 0.885.